The molecule has 1 aromatic carbocycles. The smallest absolute Gasteiger partial charge is 0.348 e. The number of anilines is 2. The second-order valence-corrected chi connectivity index (χ2v) is 6.40. The number of carbonyl (C=O) groups is 2. The minimum atomic E-state index is -0.692. The molecular formula is C19H19N3O3S. The quantitative estimate of drug-likeness (QED) is 0.453. The first-order chi connectivity index (χ1) is 12.4. The first-order valence-corrected chi connectivity index (χ1v) is 8.87. The van der Waals surface area contributed by atoms with Crippen molar-refractivity contribution in [1.29, 1.82) is 5.26 Å². The normalized spacial score (nSPS) is 11.0. The number of aromatic nitrogens is 1. The van der Waals surface area contributed by atoms with Crippen molar-refractivity contribution in [2.45, 2.75) is 27.7 Å². The summed E-state index contributed by atoms with van der Waals surface area (Å²) in [4.78, 5) is 29.8. The Morgan fingerprint density at radius 3 is 2.65 bits per heavy atom. The Morgan fingerprint density at radius 2 is 2.08 bits per heavy atom. The van der Waals surface area contributed by atoms with Gasteiger partial charge in [-0.1, -0.05) is 6.07 Å². The van der Waals surface area contributed by atoms with E-state index in [1.54, 1.807) is 12.3 Å². The van der Waals surface area contributed by atoms with E-state index in [0.29, 0.717) is 10.8 Å². The molecule has 0 radical (unpaired) electrons. The summed E-state index contributed by atoms with van der Waals surface area (Å²) in [5, 5.41) is 11.3. The molecule has 0 spiro atoms. The van der Waals surface area contributed by atoms with E-state index in [1.807, 2.05) is 38.1 Å². The van der Waals surface area contributed by atoms with E-state index >= 15 is 0 Å². The van der Waals surface area contributed by atoms with Crippen LogP contribution in [0.25, 0.3) is 6.08 Å². The Balaban J connectivity index is 2.38. The van der Waals surface area contributed by atoms with Crippen LogP contribution in [0.15, 0.2) is 29.2 Å². The Bertz CT molecular complexity index is 909. The molecule has 0 N–H and O–H groups in total. The third-order valence-electron chi connectivity index (χ3n) is 3.67. The number of rotatable bonds is 5. The van der Waals surface area contributed by atoms with Crippen LogP contribution in [0.2, 0.25) is 0 Å². The van der Waals surface area contributed by atoms with Crippen LogP contribution >= 0.6 is 11.3 Å². The molecule has 6 nitrogen and oxygen atoms in total. The van der Waals surface area contributed by atoms with Gasteiger partial charge >= 0.3 is 5.97 Å². The van der Waals surface area contributed by atoms with Crippen LogP contribution in [-0.4, -0.2) is 23.5 Å². The zero-order valence-electron chi connectivity index (χ0n) is 15.1. The lowest BCUT2D eigenvalue weighted by Gasteiger charge is -2.19. The van der Waals surface area contributed by atoms with Crippen molar-refractivity contribution in [1.82, 2.24) is 4.98 Å². The Labute approximate surface area is 156 Å². The Kier molecular flexibility index (Phi) is 6.26. The molecular weight excluding hydrogens is 350 g/mol. The van der Waals surface area contributed by atoms with Crippen LogP contribution in [0.1, 0.15) is 30.7 Å². The fourth-order valence-electron chi connectivity index (χ4n) is 2.23. The highest BCUT2D eigenvalue weighted by Crippen LogP contribution is 2.30. The number of benzene rings is 1. The largest absolute Gasteiger partial charge is 0.462 e. The minimum Gasteiger partial charge on any atom is -0.462 e. The fraction of sp³-hybridized carbons (Fsp3) is 0.263. The summed E-state index contributed by atoms with van der Waals surface area (Å²) >= 11 is 1.26. The summed E-state index contributed by atoms with van der Waals surface area (Å²) in [7, 11) is 0. The maximum absolute atomic E-state index is 12.2. The summed E-state index contributed by atoms with van der Waals surface area (Å²) in [5.41, 5.74) is 3.21. The van der Waals surface area contributed by atoms with Gasteiger partial charge in [0.1, 0.15) is 11.6 Å². The van der Waals surface area contributed by atoms with Gasteiger partial charge in [-0.15, -0.1) is 11.3 Å². The summed E-state index contributed by atoms with van der Waals surface area (Å²) < 4.78 is 4.83. The predicted molar refractivity (Wildman–Crippen MR) is 101 cm³/mol. The van der Waals surface area contributed by atoms with Crippen molar-refractivity contribution in [2.75, 3.05) is 11.5 Å². The predicted octanol–water partition coefficient (Wildman–Crippen LogP) is 3.91. The van der Waals surface area contributed by atoms with Crippen molar-refractivity contribution >= 4 is 40.1 Å². The SMILES string of the molecule is CCOC(=O)/C(C#N)=C/c1csc(N(C(C)=O)c2ccc(C)c(C)c2)n1. The maximum Gasteiger partial charge on any atom is 0.348 e. The van der Waals surface area contributed by atoms with Crippen molar-refractivity contribution < 1.29 is 14.3 Å². The van der Waals surface area contributed by atoms with Crippen molar-refractivity contribution in [2.24, 2.45) is 0 Å². The van der Waals surface area contributed by atoms with Gasteiger partial charge < -0.3 is 4.74 Å². The van der Waals surface area contributed by atoms with E-state index in [0.717, 1.165) is 16.8 Å². The summed E-state index contributed by atoms with van der Waals surface area (Å²) in [6, 6.07) is 7.55. The zero-order chi connectivity index (χ0) is 19.3. The molecule has 0 saturated heterocycles. The van der Waals surface area contributed by atoms with E-state index in [1.165, 1.54) is 29.2 Å². The molecule has 0 aliphatic heterocycles. The molecule has 134 valence electrons. The first kappa shape index (κ1) is 19.3. The number of amides is 1. The number of esters is 1. The molecule has 0 saturated carbocycles. The van der Waals surface area contributed by atoms with Crippen molar-refractivity contribution in [3.63, 3.8) is 0 Å². The van der Waals surface area contributed by atoms with Gasteiger partial charge in [0.15, 0.2) is 5.13 Å². The van der Waals surface area contributed by atoms with Gasteiger partial charge in [0.2, 0.25) is 5.91 Å². The molecule has 7 heteroatoms. The van der Waals surface area contributed by atoms with Crippen LogP contribution in [0.3, 0.4) is 0 Å². The fourth-order valence-corrected chi connectivity index (χ4v) is 3.07. The molecule has 26 heavy (non-hydrogen) atoms. The number of hydrogen-bond acceptors (Lipinski definition) is 6. The second-order valence-electron chi connectivity index (χ2n) is 5.57. The monoisotopic (exact) mass is 369 g/mol. The average Bonchev–Trinajstić information content (AvgIpc) is 3.04. The van der Waals surface area contributed by atoms with Crippen LogP contribution < -0.4 is 4.90 Å². The van der Waals surface area contributed by atoms with E-state index in [-0.39, 0.29) is 18.1 Å². The number of ether oxygens (including phenoxy) is 1. The number of hydrogen-bond donors (Lipinski definition) is 0. The topological polar surface area (TPSA) is 83.3 Å². The lowest BCUT2D eigenvalue weighted by Crippen LogP contribution is -2.22. The summed E-state index contributed by atoms with van der Waals surface area (Å²) in [6.07, 6.45) is 1.36. The maximum atomic E-state index is 12.2. The molecule has 0 aliphatic carbocycles. The lowest BCUT2D eigenvalue weighted by molar-refractivity contribution is -0.137. The molecule has 1 heterocycles. The first-order valence-electron chi connectivity index (χ1n) is 7.99. The van der Waals surface area contributed by atoms with Crippen LogP contribution in [0, 0.1) is 25.2 Å². The summed E-state index contributed by atoms with van der Waals surface area (Å²) in [5.74, 6) is -0.869. The molecule has 1 amide bonds. The van der Waals surface area contributed by atoms with E-state index in [9.17, 15) is 9.59 Å². The van der Waals surface area contributed by atoms with Gasteiger partial charge in [0.25, 0.3) is 0 Å². The zero-order valence-corrected chi connectivity index (χ0v) is 15.9. The highest BCUT2D eigenvalue weighted by Gasteiger charge is 2.19. The molecule has 0 atom stereocenters. The summed E-state index contributed by atoms with van der Waals surface area (Å²) in [6.45, 7) is 7.30. The van der Waals surface area contributed by atoms with Crippen LogP contribution in [0.4, 0.5) is 10.8 Å². The number of nitriles is 1. The van der Waals surface area contributed by atoms with Crippen molar-refractivity contribution in [3.05, 3.63) is 46.0 Å². The van der Waals surface area contributed by atoms with Gasteiger partial charge in [0, 0.05) is 12.3 Å². The van der Waals surface area contributed by atoms with Gasteiger partial charge in [-0.3, -0.25) is 9.69 Å². The number of aryl methyl sites for hydroxylation is 2. The number of carbonyl (C=O) groups excluding carboxylic acids is 2. The van der Waals surface area contributed by atoms with Gasteiger partial charge in [0.05, 0.1) is 18.0 Å². The third kappa shape index (κ3) is 4.35. The minimum absolute atomic E-state index is 0.135. The molecule has 2 rings (SSSR count). The van der Waals surface area contributed by atoms with Gasteiger partial charge in [-0.2, -0.15) is 5.26 Å². The lowest BCUT2D eigenvalue weighted by atomic mass is 10.1. The van der Waals surface area contributed by atoms with Gasteiger partial charge in [-0.05, 0) is 50.1 Å². The Morgan fingerprint density at radius 1 is 1.35 bits per heavy atom. The van der Waals surface area contributed by atoms with Crippen LogP contribution in [0.5, 0.6) is 0 Å². The van der Waals surface area contributed by atoms with Gasteiger partial charge in [-0.25, -0.2) is 9.78 Å². The highest BCUT2D eigenvalue weighted by molar-refractivity contribution is 7.14. The molecule has 0 unspecified atom stereocenters. The molecule has 0 bridgehead atoms. The number of nitrogens with zero attached hydrogens (tertiary/aromatic N) is 3. The molecule has 1 aromatic heterocycles. The molecule has 0 fully saturated rings. The van der Waals surface area contributed by atoms with E-state index in [4.69, 9.17) is 10.00 Å². The molecule has 2 aromatic rings. The average molecular weight is 369 g/mol. The Hall–Kier alpha value is -2.98. The molecule has 0 aliphatic rings. The standard InChI is InChI=1S/C19H19N3O3S/c1-5-25-18(24)15(10-20)9-16-11-26-19(21-16)22(14(4)23)17-7-6-12(2)13(3)8-17/h6-9,11H,5H2,1-4H3/b15-9+. The second kappa shape index (κ2) is 8.41. The third-order valence-corrected chi connectivity index (χ3v) is 4.52. The van der Waals surface area contributed by atoms with Crippen molar-refractivity contribution in [3.8, 4) is 6.07 Å². The number of thiazole rings is 1. The van der Waals surface area contributed by atoms with E-state index in [2.05, 4.69) is 4.98 Å². The van der Waals surface area contributed by atoms with Crippen LogP contribution in [-0.2, 0) is 14.3 Å². The van der Waals surface area contributed by atoms with E-state index < -0.39 is 5.97 Å². The highest BCUT2D eigenvalue weighted by atomic mass is 32.1.